The van der Waals surface area contributed by atoms with Crippen LogP contribution in [0.1, 0.15) is 79.6 Å². The molecule has 122 valence electrons. The largest absolute Gasteiger partial charge is 0.263 e. The predicted octanol–water partition coefficient (Wildman–Crippen LogP) is 6.62. The number of fused-ring (bicyclic) bond motifs is 3. The van der Waals surface area contributed by atoms with Crippen LogP contribution in [0.2, 0.25) is 0 Å². The highest BCUT2D eigenvalue weighted by molar-refractivity contribution is 5.82. The van der Waals surface area contributed by atoms with E-state index in [-0.39, 0.29) is 0 Å². The summed E-state index contributed by atoms with van der Waals surface area (Å²) in [7, 11) is 0. The van der Waals surface area contributed by atoms with Gasteiger partial charge in [-0.25, -0.2) is 0 Å². The van der Waals surface area contributed by atoms with E-state index in [1.165, 1.54) is 55.4 Å². The van der Waals surface area contributed by atoms with Crippen molar-refractivity contribution in [2.24, 2.45) is 15.8 Å². The summed E-state index contributed by atoms with van der Waals surface area (Å²) >= 11 is 0. The Bertz CT molecular complexity index is 506. The minimum atomic E-state index is 0.392. The van der Waals surface area contributed by atoms with Gasteiger partial charge in [-0.15, -0.1) is 0 Å². The molecule has 0 aromatic carbocycles. The SMILES string of the molecule is C=C(/C=C(C)/C=C(C)\N=C(\C)CC)C12CCC(C)(CC1)CC2. The summed E-state index contributed by atoms with van der Waals surface area (Å²) in [6.45, 7) is 15.4. The summed E-state index contributed by atoms with van der Waals surface area (Å²) in [5.74, 6) is 0. The van der Waals surface area contributed by atoms with Crippen LogP contribution in [0, 0.1) is 10.8 Å². The van der Waals surface area contributed by atoms with Gasteiger partial charge in [0.15, 0.2) is 0 Å². The van der Waals surface area contributed by atoms with Crippen LogP contribution in [0.5, 0.6) is 0 Å². The van der Waals surface area contributed by atoms with Gasteiger partial charge in [-0.2, -0.15) is 0 Å². The Morgan fingerprint density at radius 3 is 2.05 bits per heavy atom. The second kappa shape index (κ2) is 6.56. The monoisotopic (exact) mass is 299 g/mol. The Kier molecular flexibility index (Phi) is 5.14. The summed E-state index contributed by atoms with van der Waals surface area (Å²) < 4.78 is 0. The van der Waals surface area contributed by atoms with Gasteiger partial charge in [-0.05, 0) is 93.8 Å². The molecule has 0 spiro atoms. The van der Waals surface area contributed by atoms with E-state index in [1.807, 2.05) is 0 Å². The third-order valence-corrected chi connectivity index (χ3v) is 6.02. The molecule has 0 atom stereocenters. The van der Waals surface area contributed by atoms with E-state index >= 15 is 0 Å². The van der Waals surface area contributed by atoms with Crippen molar-refractivity contribution in [1.82, 2.24) is 0 Å². The molecule has 0 aromatic rings. The highest BCUT2D eigenvalue weighted by atomic mass is 14.7. The van der Waals surface area contributed by atoms with Gasteiger partial charge in [0, 0.05) is 11.4 Å². The third-order valence-electron chi connectivity index (χ3n) is 6.02. The average molecular weight is 300 g/mol. The summed E-state index contributed by atoms with van der Waals surface area (Å²) in [6.07, 6.45) is 13.7. The molecule has 0 aromatic heterocycles. The van der Waals surface area contributed by atoms with Crippen molar-refractivity contribution >= 4 is 5.71 Å². The predicted molar refractivity (Wildman–Crippen MR) is 98.3 cm³/mol. The van der Waals surface area contributed by atoms with Crippen LogP contribution in [0.15, 0.2) is 40.6 Å². The Balaban J connectivity index is 2.09. The molecule has 3 aliphatic rings. The van der Waals surface area contributed by atoms with Gasteiger partial charge in [0.2, 0.25) is 0 Å². The van der Waals surface area contributed by atoms with Crippen LogP contribution in [0.4, 0.5) is 0 Å². The first-order valence-corrected chi connectivity index (χ1v) is 8.89. The molecular formula is C21H33N. The second-order valence-electron chi connectivity index (χ2n) is 7.99. The number of aliphatic imine (C=N–C) groups is 1. The van der Waals surface area contributed by atoms with Crippen LogP contribution in [-0.2, 0) is 0 Å². The van der Waals surface area contributed by atoms with Crippen molar-refractivity contribution in [2.75, 3.05) is 0 Å². The fourth-order valence-electron chi connectivity index (χ4n) is 4.07. The molecule has 0 N–H and O–H groups in total. The highest BCUT2D eigenvalue weighted by Crippen LogP contribution is 2.59. The Hall–Kier alpha value is -1.11. The van der Waals surface area contributed by atoms with Crippen molar-refractivity contribution < 1.29 is 0 Å². The third kappa shape index (κ3) is 3.80. The van der Waals surface area contributed by atoms with E-state index in [9.17, 15) is 0 Å². The Labute approximate surface area is 137 Å². The summed E-state index contributed by atoms with van der Waals surface area (Å²) in [6, 6.07) is 0. The highest BCUT2D eigenvalue weighted by Gasteiger charge is 2.46. The van der Waals surface area contributed by atoms with Crippen molar-refractivity contribution in [3.8, 4) is 0 Å². The molecular weight excluding hydrogens is 266 g/mol. The van der Waals surface area contributed by atoms with E-state index in [1.54, 1.807) is 0 Å². The van der Waals surface area contributed by atoms with Crippen molar-refractivity contribution in [3.05, 3.63) is 35.6 Å². The van der Waals surface area contributed by atoms with Crippen LogP contribution in [-0.4, -0.2) is 5.71 Å². The first-order chi connectivity index (χ1) is 10.3. The molecule has 1 heteroatoms. The van der Waals surface area contributed by atoms with Gasteiger partial charge in [-0.3, -0.25) is 4.99 Å². The first-order valence-electron chi connectivity index (χ1n) is 8.89. The van der Waals surface area contributed by atoms with E-state index in [0.717, 1.165) is 12.1 Å². The average Bonchev–Trinajstić information content (AvgIpc) is 2.47. The summed E-state index contributed by atoms with van der Waals surface area (Å²) in [5.41, 5.74) is 5.94. The molecule has 22 heavy (non-hydrogen) atoms. The Morgan fingerprint density at radius 1 is 1.00 bits per heavy atom. The molecule has 1 nitrogen and oxygen atoms in total. The van der Waals surface area contributed by atoms with Gasteiger partial charge in [0.1, 0.15) is 0 Å². The zero-order chi connectivity index (χ0) is 16.4. The lowest BCUT2D eigenvalue weighted by Gasteiger charge is -2.52. The zero-order valence-electron chi connectivity index (χ0n) is 15.3. The van der Waals surface area contributed by atoms with Crippen molar-refractivity contribution in [2.45, 2.75) is 79.6 Å². The molecule has 0 unspecified atom stereocenters. The minimum Gasteiger partial charge on any atom is -0.263 e. The Morgan fingerprint density at radius 2 is 1.55 bits per heavy atom. The molecule has 3 aliphatic carbocycles. The first kappa shape index (κ1) is 17.2. The van der Waals surface area contributed by atoms with E-state index in [4.69, 9.17) is 0 Å². The number of hydrogen-bond donors (Lipinski definition) is 0. The van der Waals surface area contributed by atoms with Crippen molar-refractivity contribution in [1.29, 1.82) is 0 Å². The van der Waals surface area contributed by atoms with Crippen LogP contribution >= 0.6 is 0 Å². The van der Waals surface area contributed by atoms with Gasteiger partial charge in [0.05, 0.1) is 0 Å². The van der Waals surface area contributed by atoms with E-state index in [2.05, 4.69) is 58.3 Å². The van der Waals surface area contributed by atoms with E-state index < -0.39 is 0 Å². The van der Waals surface area contributed by atoms with Crippen molar-refractivity contribution in [3.63, 3.8) is 0 Å². The standard InChI is InChI=1S/C21H33N/c1-7-18(4)22-19(5)15-16(2)14-17(3)21-11-8-20(6,9-12-21)10-13-21/h14-15H,3,7-13H2,1-2,4-6H3/b16-14+,19-15-,22-18-. The lowest BCUT2D eigenvalue weighted by molar-refractivity contribution is 0.0308. The van der Waals surface area contributed by atoms with Gasteiger partial charge in [-0.1, -0.05) is 26.5 Å². The minimum absolute atomic E-state index is 0.392. The molecule has 0 heterocycles. The molecule has 2 bridgehead atoms. The molecule has 0 aliphatic heterocycles. The number of hydrogen-bond acceptors (Lipinski definition) is 1. The molecule has 3 saturated carbocycles. The van der Waals surface area contributed by atoms with E-state index in [0.29, 0.717) is 10.8 Å². The topological polar surface area (TPSA) is 12.4 Å². The molecule has 3 rings (SSSR count). The molecule has 0 saturated heterocycles. The lowest BCUT2D eigenvalue weighted by Crippen LogP contribution is -2.40. The van der Waals surface area contributed by atoms with Crippen LogP contribution < -0.4 is 0 Å². The fraction of sp³-hybridized carbons (Fsp3) is 0.667. The number of rotatable bonds is 5. The smallest absolute Gasteiger partial charge is 0.0374 e. The van der Waals surface area contributed by atoms with Crippen LogP contribution in [0.25, 0.3) is 0 Å². The maximum absolute atomic E-state index is 4.62. The van der Waals surface area contributed by atoms with Gasteiger partial charge < -0.3 is 0 Å². The maximum atomic E-state index is 4.62. The number of nitrogens with zero attached hydrogens (tertiary/aromatic N) is 1. The van der Waals surface area contributed by atoms with Gasteiger partial charge >= 0.3 is 0 Å². The quantitative estimate of drug-likeness (QED) is 0.399. The zero-order valence-corrected chi connectivity index (χ0v) is 15.3. The number of allylic oxidation sites excluding steroid dienone is 5. The molecule has 0 radical (unpaired) electrons. The maximum Gasteiger partial charge on any atom is 0.0374 e. The van der Waals surface area contributed by atoms with Crippen LogP contribution in [0.3, 0.4) is 0 Å². The summed E-state index contributed by atoms with van der Waals surface area (Å²) in [4.78, 5) is 4.62. The normalized spacial score (nSPS) is 33.2. The molecule has 3 fully saturated rings. The lowest BCUT2D eigenvalue weighted by atomic mass is 9.52. The second-order valence-corrected chi connectivity index (χ2v) is 7.99. The summed E-state index contributed by atoms with van der Waals surface area (Å²) in [5, 5.41) is 0. The van der Waals surface area contributed by atoms with Gasteiger partial charge in [0.25, 0.3) is 0 Å². The fourth-order valence-corrected chi connectivity index (χ4v) is 4.07. The molecule has 0 amide bonds.